The summed E-state index contributed by atoms with van der Waals surface area (Å²) in [6.45, 7) is 3.42. The van der Waals surface area contributed by atoms with Gasteiger partial charge >= 0.3 is 0 Å². The van der Waals surface area contributed by atoms with Gasteiger partial charge in [-0.05, 0) is 31.6 Å². The fourth-order valence-corrected chi connectivity index (χ4v) is 5.68. The predicted octanol–water partition coefficient (Wildman–Crippen LogP) is 0.733. The van der Waals surface area contributed by atoms with Crippen molar-refractivity contribution < 1.29 is 17.9 Å². The molecule has 1 aliphatic heterocycles. The third kappa shape index (κ3) is 3.40. The minimum Gasteiger partial charge on any atom is -0.383 e. The highest BCUT2D eigenvalue weighted by Gasteiger charge is 2.52. The second-order valence-corrected chi connectivity index (χ2v) is 8.61. The normalized spacial score (nSPS) is 26.1. The number of carbonyl (C=O) groups is 1. The maximum absolute atomic E-state index is 12.9. The smallest absolute Gasteiger partial charge is 0.222 e. The van der Waals surface area contributed by atoms with Crippen molar-refractivity contribution >= 4 is 15.9 Å². The first-order valence-corrected chi connectivity index (χ1v) is 9.08. The number of nitrogens with one attached hydrogen (secondary N) is 1. The van der Waals surface area contributed by atoms with E-state index >= 15 is 0 Å². The first-order chi connectivity index (χ1) is 9.91. The molecule has 0 aromatic carbocycles. The molecule has 21 heavy (non-hydrogen) atoms. The van der Waals surface area contributed by atoms with Gasteiger partial charge in [-0.15, -0.1) is 0 Å². The summed E-state index contributed by atoms with van der Waals surface area (Å²) in [6.07, 6.45) is 4.15. The molecular weight excluding hydrogens is 292 g/mol. The Morgan fingerprint density at radius 3 is 2.62 bits per heavy atom. The number of carbonyl (C=O) groups excluding carboxylic acids is 1. The zero-order valence-corrected chi connectivity index (χ0v) is 13.7. The molecule has 1 N–H and O–H groups in total. The van der Waals surface area contributed by atoms with Gasteiger partial charge in [-0.25, -0.2) is 12.7 Å². The summed E-state index contributed by atoms with van der Waals surface area (Å²) in [5.41, 5.74) is 0. The first-order valence-electron chi connectivity index (χ1n) is 7.64. The molecule has 7 heteroatoms. The number of hydrogen-bond acceptors (Lipinski definition) is 4. The highest BCUT2D eigenvalue weighted by atomic mass is 32.2. The van der Waals surface area contributed by atoms with E-state index in [4.69, 9.17) is 4.74 Å². The summed E-state index contributed by atoms with van der Waals surface area (Å²) >= 11 is 0. The van der Waals surface area contributed by atoms with Gasteiger partial charge in [0.1, 0.15) is 4.75 Å². The quantitative estimate of drug-likeness (QED) is 0.783. The van der Waals surface area contributed by atoms with E-state index in [1.54, 1.807) is 11.4 Å². The van der Waals surface area contributed by atoms with Gasteiger partial charge in [0.25, 0.3) is 0 Å². The minimum absolute atomic E-state index is 0.0650. The zero-order valence-electron chi connectivity index (χ0n) is 12.9. The summed E-state index contributed by atoms with van der Waals surface area (Å²) in [6, 6.07) is 0. The van der Waals surface area contributed by atoms with Crippen LogP contribution in [0.2, 0.25) is 0 Å². The van der Waals surface area contributed by atoms with E-state index in [1.165, 1.54) is 6.92 Å². The Balaban J connectivity index is 2.04. The van der Waals surface area contributed by atoms with Gasteiger partial charge in [0, 0.05) is 33.7 Å². The molecule has 0 radical (unpaired) electrons. The third-order valence-corrected chi connectivity index (χ3v) is 7.31. The number of methoxy groups -OCH3 is 1. The van der Waals surface area contributed by atoms with Crippen LogP contribution in [0.15, 0.2) is 0 Å². The SMILES string of the molecule is COCC1(S(=O)(=O)N2CCCC(CNC(C)=O)C2)CCC1. The molecule has 1 saturated carbocycles. The minimum atomic E-state index is -3.32. The van der Waals surface area contributed by atoms with Gasteiger partial charge < -0.3 is 10.1 Å². The standard InChI is InChI=1S/C14H26N2O4S/c1-12(17)15-9-13-5-3-8-16(10-13)21(18,19)14(11-20-2)6-4-7-14/h13H,3-11H2,1-2H3,(H,15,17). The van der Waals surface area contributed by atoms with Gasteiger partial charge in [-0.3, -0.25) is 4.79 Å². The average molecular weight is 318 g/mol. The van der Waals surface area contributed by atoms with Crippen molar-refractivity contribution in [3.8, 4) is 0 Å². The largest absolute Gasteiger partial charge is 0.383 e. The Labute approximate surface area is 127 Å². The van der Waals surface area contributed by atoms with Gasteiger partial charge in [-0.1, -0.05) is 6.42 Å². The van der Waals surface area contributed by atoms with E-state index in [0.717, 1.165) is 19.3 Å². The van der Waals surface area contributed by atoms with Crippen LogP contribution in [-0.4, -0.2) is 56.7 Å². The fourth-order valence-electron chi connectivity index (χ4n) is 3.28. The van der Waals surface area contributed by atoms with Crippen LogP contribution < -0.4 is 5.32 Å². The molecule has 0 aromatic heterocycles. The van der Waals surface area contributed by atoms with E-state index < -0.39 is 14.8 Å². The van der Waals surface area contributed by atoms with Gasteiger partial charge in [0.2, 0.25) is 15.9 Å². The molecule has 0 spiro atoms. The number of amides is 1. The number of hydrogen-bond donors (Lipinski definition) is 1. The molecule has 1 amide bonds. The number of piperidine rings is 1. The highest BCUT2D eigenvalue weighted by molar-refractivity contribution is 7.90. The molecule has 122 valence electrons. The van der Waals surface area contributed by atoms with Crippen molar-refractivity contribution in [2.75, 3.05) is 33.4 Å². The van der Waals surface area contributed by atoms with Crippen LogP contribution in [0.25, 0.3) is 0 Å². The maximum Gasteiger partial charge on any atom is 0.222 e. The predicted molar refractivity (Wildman–Crippen MR) is 80.4 cm³/mol. The van der Waals surface area contributed by atoms with Crippen LogP contribution in [0.5, 0.6) is 0 Å². The number of nitrogens with zero attached hydrogens (tertiary/aromatic N) is 1. The van der Waals surface area contributed by atoms with Crippen LogP contribution in [0, 0.1) is 5.92 Å². The summed E-state index contributed by atoms with van der Waals surface area (Å²) in [7, 11) is -1.76. The molecule has 0 bridgehead atoms. The molecular formula is C14H26N2O4S. The van der Waals surface area contributed by atoms with E-state index in [0.29, 0.717) is 32.5 Å². The van der Waals surface area contributed by atoms with Gasteiger partial charge in [-0.2, -0.15) is 0 Å². The lowest BCUT2D eigenvalue weighted by atomic mass is 9.85. The molecule has 0 aromatic rings. The van der Waals surface area contributed by atoms with Crippen molar-refractivity contribution in [2.45, 2.75) is 43.8 Å². The molecule has 2 rings (SSSR count). The Kier molecular flexibility index (Phi) is 5.27. The van der Waals surface area contributed by atoms with Crippen molar-refractivity contribution in [3.63, 3.8) is 0 Å². The number of sulfonamides is 1. The number of ether oxygens (including phenoxy) is 1. The Bertz CT molecular complexity index is 473. The summed E-state index contributed by atoms with van der Waals surface area (Å²) in [5.74, 6) is 0.141. The van der Waals surface area contributed by atoms with Crippen molar-refractivity contribution in [1.82, 2.24) is 9.62 Å². The highest BCUT2D eigenvalue weighted by Crippen LogP contribution is 2.42. The van der Waals surface area contributed by atoms with Crippen molar-refractivity contribution in [2.24, 2.45) is 5.92 Å². The second-order valence-electron chi connectivity index (χ2n) is 6.28. The monoisotopic (exact) mass is 318 g/mol. The molecule has 2 fully saturated rings. The molecule has 1 aliphatic carbocycles. The molecule has 2 aliphatic rings. The van der Waals surface area contributed by atoms with Crippen LogP contribution in [-0.2, 0) is 19.6 Å². The van der Waals surface area contributed by atoms with Gasteiger partial charge in [0.05, 0.1) is 6.61 Å². The van der Waals surface area contributed by atoms with Crippen LogP contribution in [0.1, 0.15) is 39.0 Å². The van der Waals surface area contributed by atoms with Crippen molar-refractivity contribution in [1.29, 1.82) is 0 Å². The molecule has 6 nitrogen and oxygen atoms in total. The summed E-state index contributed by atoms with van der Waals surface area (Å²) in [4.78, 5) is 11.0. The summed E-state index contributed by atoms with van der Waals surface area (Å²) in [5, 5.41) is 2.79. The maximum atomic E-state index is 12.9. The average Bonchev–Trinajstić information content (AvgIpc) is 2.40. The zero-order chi connectivity index (χ0) is 15.5. The van der Waals surface area contributed by atoms with Crippen LogP contribution in [0.3, 0.4) is 0 Å². The van der Waals surface area contributed by atoms with Crippen LogP contribution >= 0.6 is 0 Å². The lowest BCUT2D eigenvalue weighted by Crippen LogP contribution is -2.57. The molecule has 1 saturated heterocycles. The van der Waals surface area contributed by atoms with E-state index in [-0.39, 0.29) is 18.4 Å². The first kappa shape index (κ1) is 16.7. The second kappa shape index (κ2) is 6.62. The van der Waals surface area contributed by atoms with E-state index in [9.17, 15) is 13.2 Å². The topological polar surface area (TPSA) is 75.7 Å². The number of rotatable bonds is 6. The van der Waals surface area contributed by atoms with Crippen LogP contribution in [0.4, 0.5) is 0 Å². The lowest BCUT2D eigenvalue weighted by Gasteiger charge is -2.45. The fraction of sp³-hybridized carbons (Fsp3) is 0.929. The Morgan fingerprint density at radius 1 is 1.38 bits per heavy atom. The molecule has 1 heterocycles. The van der Waals surface area contributed by atoms with Crippen molar-refractivity contribution in [3.05, 3.63) is 0 Å². The molecule has 1 unspecified atom stereocenters. The van der Waals surface area contributed by atoms with E-state index in [1.807, 2.05) is 0 Å². The third-order valence-electron chi connectivity index (χ3n) is 4.68. The molecule has 1 atom stereocenters. The summed E-state index contributed by atoms with van der Waals surface area (Å²) < 4.78 is 31.9. The Morgan fingerprint density at radius 2 is 2.10 bits per heavy atom. The lowest BCUT2D eigenvalue weighted by molar-refractivity contribution is -0.119. The van der Waals surface area contributed by atoms with Gasteiger partial charge in [0.15, 0.2) is 0 Å². The van der Waals surface area contributed by atoms with E-state index in [2.05, 4.69) is 5.32 Å². The Hall–Kier alpha value is -0.660.